The van der Waals surface area contributed by atoms with E-state index in [0.717, 1.165) is 0 Å². The van der Waals surface area contributed by atoms with Crippen LogP contribution in [0.15, 0.2) is 12.7 Å². The number of esters is 2. The van der Waals surface area contributed by atoms with Gasteiger partial charge in [-0.3, -0.25) is 4.79 Å². The van der Waals surface area contributed by atoms with Crippen LogP contribution in [0.5, 0.6) is 0 Å². The molecule has 110 valence electrons. The van der Waals surface area contributed by atoms with Crippen LogP contribution in [-0.2, 0) is 28.5 Å². The quantitative estimate of drug-likeness (QED) is 0.570. The highest BCUT2D eigenvalue weighted by Gasteiger charge is 2.65. The van der Waals surface area contributed by atoms with Crippen LogP contribution in [0.1, 0.15) is 33.1 Å². The van der Waals surface area contributed by atoms with Gasteiger partial charge in [0, 0.05) is 12.8 Å². The summed E-state index contributed by atoms with van der Waals surface area (Å²) in [6, 6.07) is 0. The number of hydrogen-bond acceptors (Lipinski definition) is 6. The van der Waals surface area contributed by atoms with Gasteiger partial charge < -0.3 is 18.9 Å². The van der Waals surface area contributed by atoms with Crippen LogP contribution in [0.2, 0.25) is 0 Å². The molecule has 0 aromatic rings. The van der Waals surface area contributed by atoms with Crippen molar-refractivity contribution >= 4 is 11.9 Å². The maximum atomic E-state index is 12.1. The van der Waals surface area contributed by atoms with Gasteiger partial charge in [0.2, 0.25) is 5.60 Å². The molecule has 1 unspecified atom stereocenters. The number of rotatable bonds is 3. The molecular weight excluding hydrogens is 264 g/mol. The van der Waals surface area contributed by atoms with E-state index in [9.17, 15) is 9.59 Å². The molecule has 2 heterocycles. The fourth-order valence-corrected chi connectivity index (χ4v) is 3.21. The van der Waals surface area contributed by atoms with Crippen LogP contribution in [-0.4, -0.2) is 41.6 Å². The van der Waals surface area contributed by atoms with E-state index >= 15 is 0 Å². The van der Waals surface area contributed by atoms with Gasteiger partial charge in [0.25, 0.3) is 0 Å². The standard InChI is InChI=1S/C14H18O6/c1-4-5-10(15)19-14-6-8(17-12(14)16)11-9(7-14)18-13(2,3)20-11/h4,8-9,11H,1,5-7H2,2-3H3/t8-,9-,11?,14-/m1/s1. The smallest absolute Gasteiger partial charge is 0.351 e. The molecule has 6 heteroatoms. The first-order valence-electron chi connectivity index (χ1n) is 6.75. The van der Waals surface area contributed by atoms with Crippen molar-refractivity contribution in [3.63, 3.8) is 0 Å². The Balaban J connectivity index is 1.81. The van der Waals surface area contributed by atoms with Crippen LogP contribution in [0.4, 0.5) is 0 Å². The van der Waals surface area contributed by atoms with Crippen molar-refractivity contribution in [3.8, 4) is 0 Å². The number of carbonyl (C=O) groups excluding carboxylic acids is 2. The van der Waals surface area contributed by atoms with Gasteiger partial charge in [-0.1, -0.05) is 6.08 Å². The maximum absolute atomic E-state index is 12.1. The van der Waals surface area contributed by atoms with E-state index in [1.165, 1.54) is 6.08 Å². The minimum atomic E-state index is -1.23. The zero-order chi connectivity index (χ0) is 14.5. The number of fused-ring (bicyclic) bond motifs is 4. The first-order valence-corrected chi connectivity index (χ1v) is 6.75. The third-order valence-electron chi connectivity index (χ3n) is 3.90. The zero-order valence-corrected chi connectivity index (χ0v) is 11.6. The van der Waals surface area contributed by atoms with Crippen molar-refractivity contribution < 1.29 is 28.5 Å². The van der Waals surface area contributed by atoms with Gasteiger partial charge in [0.15, 0.2) is 5.79 Å². The van der Waals surface area contributed by atoms with E-state index in [2.05, 4.69) is 6.58 Å². The van der Waals surface area contributed by atoms with Crippen molar-refractivity contribution in [2.45, 2.75) is 62.8 Å². The second-order valence-electron chi connectivity index (χ2n) is 5.95. The number of hydrogen-bond donors (Lipinski definition) is 0. The van der Waals surface area contributed by atoms with Crippen molar-refractivity contribution in [3.05, 3.63) is 12.7 Å². The Hall–Kier alpha value is -1.40. The molecule has 20 heavy (non-hydrogen) atoms. The normalized spacial score (nSPS) is 40.9. The predicted molar refractivity (Wildman–Crippen MR) is 66.6 cm³/mol. The fourth-order valence-electron chi connectivity index (χ4n) is 3.21. The fraction of sp³-hybridized carbons (Fsp3) is 0.714. The molecule has 0 aromatic carbocycles. The highest BCUT2D eigenvalue weighted by Crippen LogP contribution is 2.48. The second-order valence-corrected chi connectivity index (χ2v) is 5.95. The molecule has 0 amide bonds. The Morgan fingerprint density at radius 1 is 1.40 bits per heavy atom. The Morgan fingerprint density at radius 2 is 2.10 bits per heavy atom. The molecule has 2 bridgehead atoms. The molecular formula is C14H18O6. The first-order chi connectivity index (χ1) is 9.35. The Morgan fingerprint density at radius 3 is 2.80 bits per heavy atom. The highest BCUT2D eigenvalue weighted by molar-refractivity contribution is 5.86. The molecule has 0 aromatic heterocycles. The number of ether oxygens (including phenoxy) is 4. The topological polar surface area (TPSA) is 71.1 Å². The molecule has 2 saturated heterocycles. The summed E-state index contributed by atoms with van der Waals surface area (Å²) in [6.45, 7) is 7.12. The molecule has 0 N–H and O–H groups in total. The average Bonchev–Trinajstić information content (AvgIpc) is 2.76. The van der Waals surface area contributed by atoms with Gasteiger partial charge in [0.05, 0.1) is 12.5 Å². The highest BCUT2D eigenvalue weighted by atomic mass is 16.8. The summed E-state index contributed by atoms with van der Waals surface area (Å²) in [6.07, 6.45) is 1.11. The van der Waals surface area contributed by atoms with E-state index in [1.54, 1.807) is 0 Å². The molecule has 0 spiro atoms. The van der Waals surface area contributed by atoms with Crippen LogP contribution in [0.3, 0.4) is 0 Å². The van der Waals surface area contributed by atoms with Crippen LogP contribution in [0, 0.1) is 0 Å². The van der Waals surface area contributed by atoms with Gasteiger partial charge in [-0.25, -0.2) is 4.79 Å². The lowest BCUT2D eigenvalue weighted by molar-refractivity contribution is -0.181. The summed E-state index contributed by atoms with van der Waals surface area (Å²) >= 11 is 0. The van der Waals surface area contributed by atoms with Crippen molar-refractivity contribution in [2.24, 2.45) is 0 Å². The van der Waals surface area contributed by atoms with E-state index in [1.807, 2.05) is 13.8 Å². The van der Waals surface area contributed by atoms with Crippen LogP contribution < -0.4 is 0 Å². The van der Waals surface area contributed by atoms with Crippen LogP contribution >= 0.6 is 0 Å². The lowest BCUT2D eigenvalue weighted by atomic mass is 9.82. The van der Waals surface area contributed by atoms with E-state index < -0.39 is 29.4 Å². The van der Waals surface area contributed by atoms with Crippen LogP contribution in [0.25, 0.3) is 0 Å². The van der Waals surface area contributed by atoms with Crippen molar-refractivity contribution in [2.75, 3.05) is 0 Å². The zero-order valence-electron chi connectivity index (χ0n) is 11.6. The summed E-state index contributed by atoms with van der Waals surface area (Å²) in [5.74, 6) is -1.69. The van der Waals surface area contributed by atoms with Gasteiger partial charge in [-0.05, 0) is 13.8 Å². The monoisotopic (exact) mass is 282 g/mol. The third-order valence-corrected chi connectivity index (χ3v) is 3.90. The number of carbonyl (C=O) groups is 2. The Labute approximate surface area is 117 Å². The molecule has 6 nitrogen and oxygen atoms in total. The van der Waals surface area contributed by atoms with E-state index in [4.69, 9.17) is 18.9 Å². The summed E-state index contributed by atoms with van der Waals surface area (Å²) in [5.41, 5.74) is -1.23. The molecule has 1 aliphatic carbocycles. The lowest BCUT2D eigenvalue weighted by Gasteiger charge is -2.32. The van der Waals surface area contributed by atoms with Gasteiger partial charge in [-0.15, -0.1) is 6.58 Å². The first kappa shape index (κ1) is 13.6. The molecule has 0 radical (unpaired) electrons. The molecule has 2 aliphatic heterocycles. The predicted octanol–water partition coefficient (Wildman–Crippen LogP) is 1.08. The van der Waals surface area contributed by atoms with Gasteiger partial charge in [-0.2, -0.15) is 0 Å². The Kier molecular flexibility index (Phi) is 2.92. The molecule has 4 atom stereocenters. The van der Waals surface area contributed by atoms with Crippen molar-refractivity contribution in [1.29, 1.82) is 0 Å². The third kappa shape index (κ3) is 2.03. The molecule has 3 fully saturated rings. The average molecular weight is 282 g/mol. The minimum Gasteiger partial charge on any atom is -0.456 e. The largest absolute Gasteiger partial charge is 0.456 e. The lowest BCUT2D eigenvalue weighted by Crippen LogP contribution is -2.49. The summed E-state index contributed by atoms with van der Waals surface area (Å²) in [4.78, 5) is 23.8. The van der Waals surface area contributed by atoms with Crippen molar-refractivity contribution in [1.82, 2.24) is 0 Å². The maximum Gasteiger partial charge on any atom is 0.351 e. The molecule has 3 aliphatic rings. The molecule has 3 rings (SSSR count). The Bertz CT molecular complexity index is 470. The summed E-state index contributed by atoms with van der Waals surface area (Å²) < 4.78 is 22.3. The van der Waals surface area contributed by atoms with E-state index in [0.29, 0.717) is 6.42 Å². The SMILES string of the molecule is C=CCC(=O)O[C@@]12C[C@@H](OC1=O)C1OC(C)(C)O[C@@H]1C2. The van der Waals surface area contributed by atoms with Gasteiger partial charge >= 0.3 is 11.9 Å². The van der Waals surface area contributed by atoms with Gasteiger partial charge in [0.1, 0.15) is 12.2 Å². The second kappa shape index (κ2) is 4.30. The molecule has 1 saturated carbocycles. The minimum absolute atomic E-state index is 0.0661. The van der Waals surface area contributed by atoms with E-state index in [-0.39, 0.29) is 25.0 Å². The summed E-state index contributed by atoms with van der Waals surface area (Å²) in [7, 11) is 0. The summed E-state index contributed by atoms with van der Waals surface area (Å²) in [5, 5.41) is 0.